The molecule has 0 bridgehead atoms. The highest BCUT2D eigenvalue weighted by Gasteiger charge is 2.12. The van der Waals surface area contributed by atoms with E-state index in [-0.39, 0.29) is 5.69 Å². The topological polar surface area (TPSA) is 101 Å². The number of carbonyl (C=O) groups excluding carboxylic acids is 3. The Bertz CT molecular complexity index is 824. The lowest BCUT2D eigenvalue weighted by atomic mass is 10.2. The number of amides is 2. The number of hydrogen-bond acceptors (Lipinski definition) is 6. The van der Waals surface area contributed by atoms with Crippen LogP contribution in [0.25, 0.3) is 0 Å². The molecule has 2 rings (SSSR count). The first-order valence-corrected chi connectivity index (χ1v) is 8.35. The first-order chi connectivity index (χ1) is 12.8. The van der Waals surface area contributed by atoms with Crippen molar-refractivity contribution in [1.29, 1.82) is 0 Å². The van der Waals surface area contributed by atoms with Crippen molar-refractivity contribution in [3.8, 4) is 0 Å². The van der Waals surface area contributed by atoms with Crippen LogP contribution in [0.1, 0.15) is 10.5 Å². The van der Waals surface area contributed by atoms with E-state index in [0.29, 0.717) is 10.7 Å². The van der Waals surface area contributed by atoms with Gasteiger partial charge in [0.1, 0.15) is 12.2 Å². The highest BCUT2D eigenvalue weighted by atomic mass is 35.5. The van der Waals surface area contributed by atoms with Gasteiger partial charge in [0.25, 0.3) is 11.8 Å². The van der Waals surface area contributed by atoms with Gasteiger partial charge in [-0.3, -0.25) is 19.4 Å². The molecule has 1 heterocycles. The third-order valence-electron chi connectivity index (χ3n) is 3.38. The van der Waals surface area contributed by atoms with Gasteiger partial charge in [-0.1, -0.05) is 11.6 Å². The number of halogens is 1. The van der Waals surface area contributed by atoms with Crippen LogP contribution in [-0.4, -0.2) is 50.0 Å². The van der Waals surface area contributed by atoms with Crippen molar-refractivity contribution in [3.63, 3.8) is 0 Å². The number of aromatic nitrogens is 1. The van der Waals surface area contributed by atoms with E-state index in [2.05, 4.69) is 15.6 Å². The monoisotopic (exact) mass is 390 g/mol. The number of benzene rings is 1. The maximum Gasteiger partial charge on any atom is 0.325 e. The molecule has 142 valence electrons. The van der Waals surface area contributed by atoms with Crippen LogP contribution in [0.4, 0.5) is 11.4 Å². The zero-order valence-electron chi connectivity index (χ0n) is 14.9. The number of nitrogens with one attached hydrogen (secondary N) is 2. The second-order valence-corrected chi connectivity index (χ2v) is 6.13. The summed E-state index contributed by atoms with van der Waals surface area (Å²) >= 11 is 5.77. The minimum absolute atomic E-state index is 0.0780. The Labute approximate surface area is 161 Å². The van der Waals surface area contributed by atoms with Crippen LogP contribution in [0.3, 0.4) is 0 Å². The van der Waals surface area contributed by atoms with Crippen molar-refractivity contribution in [2.45, 2.75) is 0 Å². The zero-order valence-corrected chi connectivity index (χ0v) is 15.6. The Morgan fingerprint density at radius 1 is 1.15 bits per heavy atom. The van der Waals surface area contributed by atoms with Crippen LogP contribution >= 0.6 is 11.6 Å². The fourth-order valence-electron chi connectivity index (χ4n) is 2.01. The second kappa shape index (κ2) is 9.54. The maximum atomic E-state index is 11.8. The molecule has 0 radical (unpaired) electrons. The molecule has 2 N–H and O–H groups in total. The predicted molar refractivity (Wildman–Crippen MR) is 102 cm³/mol. The summed E-state index contributed by atoms with van der Waals surface area (Å²) in [6.07, 6.45) is 1.38. The van der Waals surface area contributed by atoms with Gasteiger partial charge in [-0.2, -0.15) is 0 Å². The Hall–Kier alpha value is -3.13. The summed E-state index contributed by atoms with van der Waals surface area (Å²) in [6, 6.07) is 10.1. The molecule has 0 unspecified atom stereocenters. The number of anilines is 2. The van der Waals surface area contributed by atoms with Crippen LogP contribution in [0, 0.1) is 0 Å². The summed E-state index contributed by atoms with van der Waals surface area (Å²) in [5, 5.41) is 5.31. The first-order valence-electron chi connectivity index (χ1n) is 7.98. The van der Waals surface area contributed by atoms with Crippen molar-refractivity contribution < 1.29 is 19.1 Å². The molecule has 9 heteroatoms. The number of rotatable bonds is 7. The van der Waals surface area contributed by atoms with Gasteiger partial charge in [-0.15, -0.1) is 0 Å². The molecule has 0 aliphatic carbocycles. The highest BCUT2D eigenvalue weighted by Crippen LogP contribution is 2.15. The molecule has 2 aromatic rings. The smallest absolute Gasteiger partial charge is 0.325 e. The van der Waals surface area contributed by atoms with Gasteiger partial charge < -0.3 is 20.3 Å². The Morgan fingerprint density at radius 2 is 1.85 bits per heavy atom. The molecular formula is C18H19ClN4O4. The molecule has 1 aromatic carbocycles. The Morgan fingerprint density at radius 3 is 2.48 bits per heavy atom. The fraction of sp³-hybridized carbons (Fsp3) is 0.222. The molecule has 1 aromatic heterocycles. The minimum atomic E-state index is -0.747. The lowest BCUT2D eigenvalue weighted by Gasteiger charge is -2.13. The van der Waals surface area contributed by atoms with Crippen molar-refractivity contribution in [3.05, 3.63) is 53.3 Å². The molecule has 0 aliphatic heterocycles. The van der Waals surface area contributed by atoms with E-state index in [1.54, 1.807) is 12.1 Å². The molecule has 27 heavy (non-hydrogen) atoms. The summed E-state index contributed by atoms with van der Waals surface area (Å²) in [5.41, 5.74) is 1.65. The largest absolute Gasteiger partial charge is 0.454 e. The van der Waals surface area contributed by atoms with Crippen LogP contribution in [0.5, 0.6) is 0 Å². The maximum absolute atomic E-state index is 11.8. The van der Waals surface area contributed by atoms with Crippen LogP contribution in [-0.2, 0) is 14.3 Å². The molecule has 0 saturated carbocycles. The molecular weight excluding hydrogens is 372 g/mol. The standard InChI is InChI=1S/C18H19ClN4O4/c1-23(2)14-5-3-13(4-6-14)22-16(24)11-27-17(25)10-21-18(26)15-9-12(19)7-8-20-15/h3-9H,10-11H2,1-2H3,(H,21,26)(H,22,24). The fourth-order valence-corrected chi connectivity index (χ4v) is 2.17. The van der Waals surface area contributed by atoms with Gasteiger partial charge in [0.2, 0.25) is 0 Å². The summed E-state index contributed by atoms with van der Waals surface area (Å²) < 4.78 is 4.83. The summed E-state index contributed by atoms with van der Waals surface area (Å²) in [5.74, 6) is -1.80. The molecule has 0 spiro atoms. The van der Waals surface area contributed by atoms with E-state index in [9.17, 15) is 14.4 Å². The number of nitrogens with zero attached hydrogens (tertiary/aromatic N) is 2. The summed E-state index contributed by atoms with van der Waals surface area (Å²) in [4.78, 5) is 41.1. The van der Waals surface area contributed by atoms with Crippen LogP contribution in [0.15, 0.2) is 42.6 Å². The van der Waals surface area contributed by atoms with E-state index < -0.39 is 30.9 Å². The Balaban J connectivity index is 1.73. The van der Waals surface area contributed by atoms with E-state index >= 15 is 0 Å². The van der Waals surface area contributed by atoms with Crippen molar-refractivity contribution in [2.24, 2.45) is 0 Å². The molecule has 0 atom stereocenters. The SMILES string of the molecule is CN(C)c1ccc(NC(=O)COC(=O)CNC(=O)c2cc(Cl)ccn2)cc1. The minimum Gasteiger partial charge on any atom is -0.454 e. The summed E-state index contributed by atoms with van der Waals surface area (Å²) in [6.45, 7) is -0.850. The number of carbonyl (C=O) groups is 3. The van der Waals surface area contributed by atoms with Gasteiger partial charge in [-0.05, 0) is 36.4 Å². The third-order valence-corrected chi connectivity index (χ3v) is 3.61. The predicted octanol–water partition coefficient (Wildman–Crippen LogP) is 1.71. The van der Waals surface area contributed by atoms with Crippen molar-refractivity contribution >= 4 is 40.8 Å². The van der Waals surface area contributed by atoms with E-state index in [4.69, 9.17) is 16.3 Å². The van der Waals surface area contributed by atoms with Crippen molar-refractivity contribution in [1.82, 2.24) is 10.3 Å². The van der Waals surface area contributed by atoms with Gasteiger partial charge in [0.05, 0.1) is 0 Å². The Kier molecular flexibility index (Phi) is 7.13. The summed E-state index contributed by atoms with van der Waals surface area (Å²) in [7, 11) is 3.82. The van der Waals surface area contributed by atoms with E-state index in [0.717, 1.165) is 5.69 Å². The molecule has 0 saturated heterocycles. The molecule has 0 aliphatic rings. The van der Waals surface area contributed by atoms with Gasteiger partial charge in [0.15, 0.2) is 6.61 Å². The molecule has 8 nitrogen and oxygen atoms in total. The average molecular weight is 391 g/mol. The van der Waals surface area contributed by atoms with Crippen molar-refractivity contribution in [2.75, 3.05) is 37.5 Å². The number of hydrogen-bond donors (Lipinski definition) is 2. The van der Waals surface area contributed by atoms with E-state index in [1.165, 1.54) is 18.3 Å². The quantitative estimate of drug-likeness (QED) is 0.698. The lowest BCUT2D eigenvalue weighted by Crippen LogP contribution is -2.32. The van der Waals surface area contributed by atoms with Gasteiger partial charge >= 0.3 is 5.97 Å². The molecule has 0 fully saturated rings. The first kappa shape index (κ1) is 20.2. The van der Waals surface area contributed by atoms with E-state index in [1.807, 2.05) is 31.1 Å². The third kappa shape index (κ3) is 6.59. The van der Waals surface area contributed by atoms with Crippen LogP contribution in [0.2, 0.25) is 5.02 Å². The normalized spacial score (nSPS) is 10.0. The number of esters is 1. The zero-order chi connectivity index (χ0) is 19.8. The second-order valence-electron chi connectivity index (χ2n) is 5.69. The van der Waals surface area contributed by atoms with Gasteiger partial charge in [0, 0.05) is 36.7 Å². The average Bonchev–Trinajstić information content (AvgIpc) is 2.64. The number of ether oxygens (including phenoxy) is 1. The van der Waals surface area contributed by atoms with Crippen LogP contribution < -0.4 is 15.5 Å². The number of pyridine rings is 1. The highest BCUT2D eigenvalue weighted by molar-refractivity contribution is 6.30. The molecule has 2 amide bonds. The lowest BCUT2D eigenvalue weighted by molar-refractivity contribution is -0.146. The van der Waals surface area contributed by atoms with Gasteiger partial charge in [-0.25, -0.2) is 0 Å².